The molecule has 2 saturated heterocycles. The van der Waals surface area contributed by atoms with Crippen LogP contribution in [0.25, 0.3) is 0 Å². The largest absolute Gasteiger partial charge is 0.481 e. The molecule has 2 fully saturated rings. The van der Waals surface area contributed by atoms with Gasteiger partial charge in [0.2, 0.25) is 5.88 Å². The maximum Gasteiger partial charge on any atom is 0.407 e. The fourth-order valence-electron chi connectivity index (χ4n) is 3.76. The number of alkyl carbamates (subject to hydrolysis) is 1. The topological polar surface area (TPSA) is 125 Å². The van der Waals surface area contributed by atoms with E-state index >= 15 is 0 Å². The van der Waals surface area contributed by atoms with Crippen LogP contribution < -0.4 is 15.0 Å². The SMILES string of the molecule is COc1nc(N2CCC(O)(c3ccc(C#N)cc3)C2=O)ccc1C[C@H]1COC(=O)N1. The average molecular weight is 408 g/mol. The van der Waals surface area contributed by atoms with Gasteiger partial charge in [-0.15, -0.1) is 0 Å². The predicted molar refractivity (Wildman–Crippen MR) is 105 cm³/mol. The summed E-state index contributed by atoms with van der Waals surface area (Å²) in [6.07, 6.45) is 0.230. The van der Waals surface area contributed by atoms with E-state index in [9.17, 15) is 14.7 Å². The molecule has 0 spiro atoms. The lowest BCUT2D eigenvalue weighted by Gasteiger charge is -2.23. The van der Waals surface area contributed by atoms with Crippen LogP contribution in [0.3, 0.4) is 0 Å². The van der Waals surface area contributed by atoms with E-state index in [1.165, 1.54) is 12.0 Å². The van der Waals surface area contributed by atoms with Crippen molar-refractivity contribution in [2.45, 2.75) is 24.5 Å². The lowest BCUT2D eigenvalue weighted by atomic mass is 9.92. The molecule has 9 heteroatoms. The van der Waals surface area contributed by atoms with Crippen molar-refractivity contribution in [3.05, 3.63) is 53.1 Å². The molecular weight excluding hydrogens is 388 g/mol. The normalized spacial score (nSPS) is 23.1. The summed E-state index contributed by atoms with van der Waals surface area (Å²) >= 11 is 0. The van der Waals surface area contributed by atoms with Crippen LogP contribution in [0.1, 0.15) is 23.1 Å². The molecule has 2 aliphatic rings. The molecule has 1 unspecified atom stereocenters. The number of ether oxygens (including phenoxy) is 2. The van der Waals surface area contributed by atoms with Gasteiger partial charge in [0.05, 0.1) is 24.8 Å². The van der Waals surface area contributed by atoms with Gasteiger partial charge in [-0.3, -0.25) is 9.69 Å². The summed E-state index contributed by atoms with van der Waals surface area (Å²) in [5.74, 6) is 0.234. The average Bonchev–Trinajstić information content (AvgIpc) is 3.31. The zero-order valence-corrected chi connectivity index (χ0v) is 16.3. The molecule has 1 aromatic carbocycles. The number of nitrogens with zero attached hydrogens (tertiary/aromatic N) is 3. The maximum atomic E-state index is 13.0. The highest BCUT2D eigenvalue weighted by Crippen LogP contribution is 2.36. The molecule has 0 aliphatic carbocycles. The molecule has 3 heterocycles. The number of hydrogen-bond acceptors (Lipinski definition) is 7. The quantitative estimate of drug-likeness (QED) is 0.762. The van der Waals surface area contributed by atoms with Gasteiger partial charge in [0, 0.05) is 24.9 Å². The summed E-state index contributed by atoms with van der Waals surface area (Å²) < 4.78 is 10.3. The minimum Gasteiger partial charge on any atom is -0.481 e. The first-order chi connectivity index (χ1) is 14.4. The Balaban J connectivity index is 1.56. The van der Waals surface area contributed by atoms with Gasteiger partial charge in [-0.1, -0.05) is 12.1 Å². The van der Waals surface area contributed by atoms with Crippen LogP contribution >= 0.6 is 0 Å². The first-order valence-corrected chi connectivity index (χ1v) is 9.47. The van der Waals surface area contributed by atoms with Gasteiger partial charge in [-0.25, -0.2) is 4.79 Å². The van der Waals surface area contributed by atoms with Crippen molar-refractivity contribution in [1.29, 1.82) is 5.26 Å². The lowest BCUT2D eigenvalue weighted by Crippen LogP contribution is -2.38. The number of nitrogens with one attached hydrogen (secondary N) is 1. The Morgan fingerprint density at radius 2 is 2.10 bits per heavy atom. The van der Waals surface area contributed by atoms with Gasteiger partial charge in [0.15, 0.2) is 5.60 Å². The van der Waals surface area contributed by atoms with Gasteiger partial charge in [0.25, 0.3) is 5.91 Å². The first kappa shape index (κ1) is 19.7. The van der Waals surface area contributed by atoms with Crippen LogP contribution in [-0.2, 0) is 21.6 Å². The molecule has 0 radical (unpaired) electrons. The molecule has 2 aromatic rings. The Kier molecular flexibility index (Phi) is 5.01. The highest BCUT2D eigenvalue weighted by Gasteiger charge is 2.47. The third-order valence-corrected chi connectivity index (χ3v) is 5.39. The third-order valence-electron chi connectivity index (χ3n) is 5.39. The minimum atomic E-state index is -1.67. The van der Waals surface area contributed by atoms with Crippen molar-refractivity contribution in [3.63, 3.8) is 0 Å². The van der Waals surface area contributed by atoms with Crippen LogP contribution in [0.2, 0.25) is 0 Å². The summed E-state index contributed by atoms with van der Waals surface area (Å²) in [5.41, 5.74) is -0.0105. The van der Waals surface area contributed by atoms with E-state index in [2.05, 4.69) is 10.3 Å². The minimum absolute atomic E-state index is 0.172. The highest BCUT2D eigenvalue weighted by molar-refractivity contribution is 6.01. The van der Waals surface area contributed by atoms with Crippen molar-refractivity contribution in [2.75, 3.05) is 25.2 Å². The van der Waals surface area contributed by atoms with Gasteiger partial charge in [0.1, 0.15) is 12.4 Å². The van der Waals surface area contributed by atoms with Crippen LogP contribution in [0.15, 0.2) is 36.4 Å². The number of rotatable bonds is 5. The number of aromatic nitrogens is 1. The number of benzene rings is 1. The van der Waals surface area contributed by atoms with E-state index in [-0.39, 0.29) is 25.6 Å². The van der Waals surface area contributed by atoms with E-state index in [0.717, 1.165) is 5.56 Å². The molecule has 4 rings (SSSR count). The lowest BCUT2D eigenvalue weighted by molar-refractivity contribution is -0.134. The maximum absolute atomic E-state index is 13.0. The molecule has 2 aliphatic heterocycles. The number of aliphatic hydroxyl groups is 1. The van der Waals surface area contributed by atoms with Crippen molar-refractivity contribution in [3.8, 4) is 11.9 Å². The molecule has 0 bridgehead atoms. The van der Waals surface area contributed by atoms with Crippen molar-refractivity contribution < 1.29 is 24.2 Å². The molecule has 30 heavy (non-hydrogen) atoms. The number of amides is 2. The number of nitriles is 1. The van der Waals surface area contributed by atoms with E-state index in [4.69, 9.17) is 14.7 Å². The fourth-order valence-corrected chi connectivity index (χ4v) is 3.76. The monoisotopic (exact) mass is 408 g/mol. The third kappa shape index (κ3) is 3.42. The van der Waals surface area contributed by atoms with Crippen LogP contribution in [0.4, 0.5) is 10.6 Å². The zero-order chi connectivity index (χ0) is 21.3. The van der Waals surface area contributed by atoms with Gasteiger partial charge < -0.3 is 19.9 Å². The van der Waals surface area contributed by atoms with Crippen LogP contribution in [0, 0.1) is 11.3 Å². The summed E-state index contributed by atoms with van der Waals surface area (Å²) in [7, 11) is 1.48. The van der Waals surface area contributed by atoms with Crippen molar-refractivity contribution in [1.82, 2.24) is 10.3 Å². The number of cyclic esters (lactones) is 1. The number of carbonyl (C=O) groups excluding carboxylic acids is 2. The Morgan fingerprint density at radius 3 is 2.73 bits per heavy atom. The van der Waals surface area contributed by atoms with E-state index < -0.39 is 17.6 Å². The van der Waals surface area contributed by atoms with E-state index in [0.29, 0.717) is 29.2 Å². The number of methoxy groups -OCH3 is 1. The Hall–Kier alpha value is -3.64. The first-order valence-electron chi connectivity index (χ1n) is 9.47. The van der Waals surface area contributed by atoms with Crippen LogP contribution in [-0.4, -0.2) is 48.4 Å². The van der Waals surface area contributed by atoms with Crippen molar-refractivity contribution in [2.24, 2.45) is 0 Å². The van der Waals surface area contributed by atoms with E-state index in [1.54, 1.807) is 36.4 Å². The second-order valence-corrected chi connectivity index (χ2v) is 7.24. The van der Waals surface area contributed by atoms with Crippen LogP contribution in [0.5, 0.6) is 5.88 Å². The molecule has 1 aromatic heterocycles. The second kappa shape index (κ2) is 7.65. The fraction of sp³-hybridized carbons (Fsp3) is 0.333. The number of carbonyl (C=O) groups is 2. The summed E-state index contributed by atoms with van der Waals surface area (Å²) in [6, 6.07) is 11.7. The summed E-state index contributed by atoms with van der Waals surface area (Å²) in [5, 5.41) is 22.7. The Labute approximate surface area is 172 Å². The molecular formula is C21H20N4O5. The molecule has 2 atom stereocenters. The second-order valence-electron chi connectivity index (χ2n) is 7.24. The molecule has 154 valence electrons. The summed E-state index contributed by atoms with van der Waals surface area (Å²) in [6.45, 7) is 0.559. The summed E-state index contributed by atoms with van der Waals surface area (Å²) in [4.78, 5) is 30.1. The van der Waals surface area contributed by atoms with Crippen molar-refractivity contribution >= 4 is 17.8 Å². The predicted octanol–water partition coefficient (Wildman–Crippen LogP) is 1.24. The number of pyridine rings is 1. The highest BCUT2D eigenvalue weighted by atomic mass is 16.6. The molecule has 2 amide bonds. The smallest absolute Gasteiger partial charge is 0.407 e. The van der Waals surface area contributed by atoms with Gasteiger partial charge in [-0.05, 0) is 29.8 Å². The molecule has 2 N–H and O–H groups in total. The molecule has 0 saturated carbocycles. The van der Waals surface area contributed by atoms with E-state index in [1.807, 2.05) is 6.07 Å². The number of anilines is 1. The Morgan fingerprint density at radius 1 is 1.33 bits per heavy atom. The molecule has 9 nitrogen and oxygen atoms in total. The standard InChI is InChI=1S/C21H20N4O5/c1-29-18-14(10-16-12-30-20(27)23-16)4-7-17(24-18)25-9-8-21(28,19(25)26)15-5-2-13(11-22)3-6-15/h2-7,16,28H,8-10,12H2,1H3,(H,23,27)/t16-,21?/m0/s1. The zero-order valence-electron chi connectivity index (χ0n) is 16.3. The van der Waals surface area contributed by atoms with Gasteiger partial charge >= 0.3 is 6.09 Å². The Bertz CT molecular complexity index is 1030. The number of hydrogen-bond donors (Lipinski definition) is 2. The van der Waals surface area contributed by atoms with Gasteiger partial charge in [-0.2, -0.15) is 10.2 Å².